The largest absolute Gasteiger partial charge is 0.495 e. The van der Waals surface area contributed by atoms with Crippen LogP contribution in [0.25, 0.3) is 11.0 Å². The van der Waals surface area contributed by atoms with Crippen molar-refractivity contribution in [2.24, 2.45) is 0 Å². The van der Waals surface area contributed by atoms with E-state index in [0.717, 1.165) is 9.86 Å². The van der Waals surface area contributed by atoms with Gasteiger partial charge in [-0.25, -0.2) is 0 Å². The van der Waals surface area contributed by atoms with E-state index >= 15 is 0 Å². The van der Waals surface area contributed by atoms with Crippen LogP contribution >= 0.6 is 15.9 Å². The number of carbonyl (C=O) groups is 1. The average Bonchev–Trinajstić information content (AvgIpc) is 2.91. The van der Waals surface area contributed by atoms with Crippen molar-refractivity contribution >= 4 is 38.5 Å². The lowest BCUT2D eigenvalue weighted by molar-refractivity contribution is 0.0998. The number of hydrogen-bond donors (Lipinski definition) is 1. The summed E-state index contributed by atoms with van der Waals surface area (Å²) in [6, 6.07) is 14.6. The third kappa shape index (κ3) is 2.78. The zero-order chi connectivity index (χ0) is 14.8. The molecule has 0 fully saturated rings. The summed E-state index contributed by atoms with van der Waals surface area (Å²) in [7, 11) is 1.56. The molecule has 4 nitrogen and oxygen atoms in total. The van der Waals surface area contributed by atoms with E-state index in [1.165, 1.54) is 0 Å². The minimum atomic E-state index is -0.317. The number of anilines is 1. The Morgan fingerprint density at radius 3 is 2.76 bits per heavy atom. The minimum absolute atomic E-state index is 0.262. The second kappa shape index (κ2) is 5.61. The molecule has 0 unspecified atom stereocenters. The van der Waals surface area contributed by atoms with E-state index in [-0.39, 0.29) is 11.7 Å². The molecule has 0 atom stereocenters. The monoisotopic (exact) mass is 345 g/mol. The van der Waals surface area contributed by atoms with Crippen LogP contribution in [0.5, 0.6) is 5.75 Å². The highest BCUT2D eigenvalue weighted by atomic mass is 79.9. The molecular weight excluding hydrogens is 334 g/mol. The quantitative estimate of drug-likeness (QED) is 0.762. The number of ether oxygens (including phenoxy) is 1. The number of carbonyl (C=O) groups excluding carboxylic acids is 1. The molecule has 1 amide bonds. The smallest absolute Gasteiger partial charge is 0.291 e. The second-order valence-corrected chi connectivity index (χ2v) is 5.36. The molecular formula is C16H12BrNO3. The number of furan rings is 1. The Kier molecular flexibility index (Phi) is 3.66. The molecule has 0 aliphatic heterocycles. The number of benzene rings is 2. The molecule has 3 aromatic rings. The van der Waals surface area contributed by atoms with E-state index in [2.05, 4.69) is 21.2 Å². The Morgan fingerprint density at radius 1 is 1.19 bits per heavy atom. The molecule has 2 aromatic carbocycles. The van der Waals surface area contributed by atoms with Crippen LogP contribution in [0.2, 0.25) is 0 Å². The summed E-state index contributed by atoms with van der Waals surface area (Å²) in [5.74, 6) is 0.531. The first-order valence-electron chi connectivity index (χ1n) is 6.31. The molecule has 21 heavy (non-hydrogen) atoms. The van der Waals surface area contributed by atoms with Crippen LogP contribution in [0.15, 0.2) is 57.4 Å². The summed E-state index contributed by atoms with van der Waals surface area (Å²) < 4.78 is 11.6. The van der Waals surface area contributed by atoms with Crippen molar-refractivity contribution < 1.29 is 13.9 Å². The number of fused-ring (bicyclic) bond motifs is 1. The average molecular weight is 346 g/mol. The SMILES string of the molecule is COc1ccc(Br)cc1NC(=O)c1cc2ccccc2o1. The van der Waals surface area contributed by atoms with Crippen LogP contribution in [0.3, 0.4) is 0 Å². The lowest BCUT2D eigenvalue weighted by Gasteiger charge is -2.09. The maximum atomic E-state index is 12.3. The second-order valence-electron chi connectivity index (χ2n) is 4.45. The maximum absolute atomic E-state index is 12.3. The third-order valence-corrected chi connectivity index (χ3v) is 3.55. The lowest BCUT2D eigenvalue weighted by atomic mass is 10.2. The van der Waals surface area contributed by atoms with Gasteiger partial charge in [-0.2, -0.15) is 0 Å². The molecule has 5 heteroatoms. The Bertz CT molecular complexity index is 777. The molecule has 106 valence electrons. The fourth-order valence-corrected chi connectivity index (χ4v) is 2.42. The molecule has 3 rings (SSSR count). The van der Waals surface area contributed by atoms with E-state index < -0.39 is 0 Å². The molecule has 0 bridgehead atoms. The first-order chi connectivity index (χ1) is 10.2. The number of nitrogens with one attached hydrogen (secondary N) is 1. The van der Waals surface area contributed by atoms with Crippen LogP contribution in [-0.4, -0.2) is 13.0 Å². The number of rotatable bonds is 3. The maximum Gasteiger partial charge on any atom is 0.291 e. The predicted molar refractivity (Wildman–Crippen MR) is 84.9 cm³/mol. The number of amides is 1. The molecule has 0 radical (unpaired) electrons. The summed E-state index contributed by atoms with van der Waals surface area (Å²) in [6.45, 7) is 0. The van der Waals surface area contributed by atoms with Crippen LogP contribution < -0.4 is 10.1 Å². The highest BCUT2D eigenvalue weighted by molar-refractivity contribution is 9.10. The first kappa shape index (κ1) is 13.7. The van der Waals surface area contributed by atoms with E-state index in [0.29, 0.717) is 17.0 Å². The van der Waals surface area contributed by atoms with E-state index in [4.69, 9.17) is 9.15 Å². The normalized spacial score (nSPS) is 10.6. The van der Waals surface area contributed by atoms with Gasteiger partial charge in [0.15, 0.2) is 5.76 Å². The zero-order valence-electron chi connectivity index (χ0n) is 11.2. The first-order valence-corrected chi connectivity index (χ1v) is 7.10. The molecule has 0 aliphatic rings. The van der Waals surface area contributed by atoms with Crippen molar-refractivity contribution in [3.63, 3.8) is 0 Å². The molecule has 0 aliphatic carbocycles. The fourth-order valence-electron chi connectivity index (χ4n) is 2.06. The van der Waals surface area contributed by atoms with Crippen molar-refractivity contribution in [1.29, 1.82) is 0 Å². The van der Waals surface area contributed by atoms with Crippen LogP contribution in [0.4, 0.5) is 5.69 Å². The highest BCUT2D eigenvalue weighted by Crippen LogP contribution is 2.29. The zero-order valence-corrected chi connectivity index (χ0v) is 12.8. The van der Waals surface area contributed by atoms with E-state index in [1.54, 1.807) is 25.3 Å². The molecule has 1 heterocycles. The van der Waals surface area contributed by atoms with Gasteiger partial charge in [0.25, 0.3) is 5.91 Å². The van der Waals surface area contributed by atoms with Crippen molar-refractivity contribution in [1.82, 2.24) is 0 Å². The molecule has 1 aromatic heterocycles. The summed E-state index contributed by atoms with van der Waals surface area (Å²) in [4.78, 5) is 12.3. The van der Waals surface area contributed by atoms with Crippen molar-refractivity contribution in [2.45, 2.75) is 0 Å². The van der Waals surface area contributed by atoms with Crippen molar-refractivity contribution in [3.05, 3.63) is 58.8 Å². The van der Waals surface area contributed by atoms with Gasteiger partial charge in [-0.15, -0.1) is 0 Å². The minimum Gasteiger partial charge on any atom is -0.495 e. The van der Waals surface area contributed by atoms with Gasteiger partial charge < -0.3 is 14.5 Å². The predicted octanol–water partition coefficient (Wildman–Crippen LogP) is 4.46. The summed E-state index contributed by atoms with van der Waals surface area (Å²) >= 11 is 3.37. The van der Waals surface area contributed by atoms with Crippen LogP contribution in [0.1, 0.15) is 10.6 Å². The Balaban J connectivity index is 1.91. The van der Waals surface area contributed by atoms with Gasteiger partial charge in [0.1, 0.15) is 11.3 Å². The Morgan fingerprint density at radius 2 is 2.00 bits per heavy atom. The van der Waals surface area contributed by atoms with Gasteiger partial charge in [-0.05, 0) is 30.3 Å². The highest BCUT2D eigenvalue weighted by Gasteiger charge is 2.14. The van der Waals surface area contributed by atoms with Gasteiger partial charge in [0.05, 0.1) is 12.8 Å². The Hall–Kier alpha value is -2.27. The molecule has 0 saturated carbocycles. The molecule has 1 N–H and O–H groups in total. The van der Waals surface area contributed by atoms with Crippen molar-refractivity contribution in [3.8, 4) is 5.75 Å². The number of para-hydroxylation sites is 1. The standard InChI is InChI=1S/C16H12BrNO3/c1-20-14-7-6-11(17)9-12(14)18-16(19)15-8-10-4-2-3-5-13(10)21-15/h2-9H,1H3,(H,18,19). The summed E-state index contributed by atoms with van der Waals surface area (Å²) in [5, 5.41) is 3.68. The number of halogens is 1. The van der Waals surface area contributed by atoms with Gasteiger partial charge in [0, 0.05) is 9.86 Å². The molecule has 0 spiro atoms. The lowest BCUT2D eigenvalue weighted by Crippen LogP contribution is -2.11. The van der Waals surface area contributed by atoms with E-state index in [9.17, 15) is 4.79 Å². The Labute approximate surface area is 129 Å². The summed E-state index contributed by atoms with van der Waals surface area (Å²) in [5.41, 5.74) is 1.26. The number of hydrogen-bond acceptors (Lipinski definition) is 3. The van der Waals surface area contributed by atoms with Gasteiger partial charge >= 0.3 is 0 Å². The topological polar surface area (TPSA) is 51.5 Å². The van der Waals surface area contributed by atoms with E-state index in [1.807, 2.05) is 30.3 Å². The molecule has 0 saturated heterocycles. The van der Waals surface area contributed by atoms with Gasteiger partial charge in [-0.3, -0.25) is 4.79 Å². The number of methoxy groups -OCH3 is 1. The van der Waals surface area contributed by atoms with Crippen LogP contribution in [0, 0.1) is 0 Å². The van der Waals surface area contributed by atoms with Crippen molar-refractivity contribution in [2.75, 3.05) is 12.4 Å². The summed E-state index contributed by atoms with van der Waals surface area (Å²) in [6.07, 6.45) is 0. The van der Waals surface area contributed by atoms with Gasteiger partial charge in [-0.1, -0.05) is 34.1 Å². The van der Waals surface area contributed by atoms with Gasteiger partial charge in [0.2, 0.25) is 0 Å². The fraction of sp³-hybridized carbons (Fsp3) is 0.0625. The van der Waals surface area contributed by atoms with Crippen LogP contribution in [-0.2, 0) is 0 Å². The third-order valence-electron chi connectivity index (χ3n) is 3.06.